The number of hydrogen-bond donors (Lipinski definition) is 2. The molecule has 7 nitrogen and oxygen atoms in total. The first-order valence-electron chi connectivity index (χ1n) is 10.9. The molecule has 0 saturated heterocycles. The van der Waals surface area contributed by atoms with Gasteiger partial charge in [0.1, 0.15) is 11.5 Å². The van der Waals surface area contributed by atoms with Crippen molar-refractivity contribution in [2.45, 2.75) is 6.92 Å². The molecule has 0 bridgehead atoms. The first-order valence-corrected chi connectivity index (χ1v) is 10.9. The number of nitrogens with one attached hydrogen (secondary N) is 2. The van der Waals surface area contributed by atoms with Gasteiger partial charge in [0.25, 0.3) is 5.91 Å². The highest BCUT2D eigenvalue weighted by Crippen LogP contribution is 2.31. The Morgan fingerprint density at radius 2 is 1.88 bits per heavy atom. The van der Waals surface area contributed by atoms with Crippen molar-refractivity contribution in [2.75, 3.05) is 12.4 Å². The normalized spacial score (nSPS) is 10.9. The number of rotatable bonds is 6. The van der Waals surface area contributed by atoms with Gasteiger partial charge in [0.05, 0.1) is 23.6 Å². The Hall–Kier alpha value is -4.52. The topological polar surface area (TPSA) is 81.3 Å². The van der Waals surface area contributed by atoms with Gasteiger partial charge < -0.3 is 24.4 Å². The number of amides is 1. The molecule has 0 aliphatic carbocycles. The molecule has 5 aromatic rings. The zero-order chi connectivity index (χ0) is 23.7. The van der Waals surface area contributed by atoms with Crippen LogP contribution in [0.1, 0.15) is 15.9 Å². The number of anilines is 2. The zero-order valence-corrected chi connectivity index (χ0v) is 19.1. The highest BCUT2D eigenvalue weighted by molar-refractivity contribution is 5.94. The maximum Gasteiger partial charge on any atom is 0.251 e. The number of aryl methyl sites for hydroxylation is 2. The van der Waals surface area contributed by atoms with Gasteiger partial charge in [-0.15, -0.1) is 0 Å². The molecule has 5 rings (SSSR count). The lowest BCUT2D eigenvalue weighted by molar-refractivity contribution is 0.0963. The third-order valence-electron chi connectivity index (χ3n) is 5.74. The van der Waals surface area contributed by atoms with Gasteiger partial charge in [-0.25, -0.2) is 4.98 Å². The van der Waals surface area contributed by atoms with Crippen LogP contribution in [0.4, 0.5) is 11.6 Å². The lowest BCUT2D eigenvalue weighted by Gasteiger charge is -2.10. The molecule has 2 N–H and O–H groups in total. The van der Waals surface area contributed by atoms with Gasteiger partial charge in [-0.2, -0.15) is 0 Å². The zero-order valence-electron chi connectivity index (χ0n) is 19.1. The van der Waals surface area contributed by atoms with Crippen molar-refractivity contribution in [3.63, 3.8) is 0 Å². The molecule has 0 spiro atoms. The first-order chi connectivity index (χ1) is 16.5. The molecule has 0 aliphatic rings. The molecular formula is C27H24N4O3. The van der Waals surface area contributed by atoms with E-state index < -0.39 is 0 Å². The van der Waals surface area contributed by atoms with Gasteiger partial charge in [0, 0.05) is 37.0 Å². The van der Waals surface area contributed by atoms with Gasteiger partial charge in [-0.05, 0) is 66.6 Å². The van der Waals surface area contributed by atoms with Crippen LogP contribution >= 0.6 is 0 Å². The van der Waals surface area contributed by atoms with Crippen LogP contribution in [0.2, 0.25) is 0 Å². The fourth-order valence-corrected chi connectivity index (χ4v) is 3.89. The lowest BCUT2D eigenvalue weighted by atomic mass is 10.0. The van der Waals surface area contributed by atoms with Crippen molar-refractivity contribution >= 4 is 28.6 Å². The minimum atomic E-state index is -0.159. The molecule has 0 aliphatic heterocycles. The minimum absolute atomic E-state index is 0.159. The van der Waals surface area contributed by atoms with E-state index in [9.17, 15) is 4.79 Å². The number of ether oxygens (including phenoxy) is 1. The van der Waals surface area contributed by atoms with Crippen LogP contribution in [-0.4, -0.2) is 22.5 Å². The molecular weight excluding hydrogens is 428 g/mol. The van der Waals surface area contributed by atoms with E-state index in [1.807, 2.05) is 48.0 Å². The Kier molecular flexibility index (Phi) is 5.51. The molecule has 0 unspecified atom stereocenters. The SMILES string of the molecule is CNC(=O)c1cccc(Oc2ccc3c(c2)nc(Nc2ccc(C)c(-c4ccoc4)c2)n3C)c1. The second-order valence-corrected chi connectivity index (χ2v) is 8.02. The number of fused-ring (bicyclic) bond motifs is 1. The summed E-state index contributed by atoms with van der Waals surface area (Å²) in [6.45, 7) is 2.08. The second kappa shape index (κ2) is 8.78. The van der Waals surface area contributed by atoms with E-state index >= 15 is 0 Å². The molecule has 7 heteroatoms. The predicted molar refractivity (Wildman–Crippen MR) is 133 cm³/mol. The van der Waals surface area contributed by atoms with Crippen molar-refractivity contribution in [1.82, 2.24) is 14.9 Å². The third kappa shape index (κ3) is 4.11. The number of aromatic nitrogens is 2. The van der Waals surface area contributed by atoms with E-state index in [-0.39, 0.29) is 5.91 Å². The molecule has 0 fully saturated rings. The van der Waals surface area contributed by atoms with Crippen molar-refractivity contribution in [2.24, 2.45) is 7.05 Å². The Balaban J connectivity index is 1.41. The highest BCUT2D eigenvalue weighted by Gasteiger charge is 2.12. The summed E-state index contributed by atoms with van der Waals surface area (Å²) in [7, 11) is 3.57. The van der Waals surface area contributed by atoms with Crippen molar-refractivity contribution in [1.29, 1.82) is 0 Å². The number of carbonyl (C=O) groups excluding carboxylic acids is 1. The van der Waals surface area contributed by atoms with E-state index in [4.69, 9.17) is 14.1 Å². The standard InChI is InChI=1S/C27H24N4O3/c1-17-7-8-20(14-23(17)19-11-12-33-16-19)29-27-30-24-15-22(9-10-25(24)31(27)3)34-21-6-4-5-18(13-21)26(32)28-2/h4-16H,1-3H3,(H,28,32)(H,29,30). The van der Waals surface area contributed by atoms with Crippen LogP contribution in [0, 0.1) is 6.92 Å². The first kappa shape index (κ1) is 21.3. The lowest BCUT2D eigenvalue weighted by Crippen LogP contribution is -2.17. The Labute approximate surface area is 197 Å². The van der Waals surface area contributed by atoms with E-state index in [0.29, 0.717) is 17.1 Å². The van der Waals surface area contributed by atoms with Crippen LogP contribution in [0.25, 0.3) is 22.2 Å². The van der Waals surface area contributed by atoms with Gasteiger partial charge >= 0.3 is 0 Å². The third-order valence-corrected chi connectivity index (χ3v) is 5.74. The molecule has 0 radical (unpaired) electrons. The molecule has 2 heterocycles. The molecule has 0 saturated carbocycles. The number of benzene rings is 3. The summed E-state index contributed by atoms with van der Waals surface area (Å²) in [6.07, 6.45) is 3.42. The number of furan rings is 1. The Bertz CT molecular complexity index is 1490. The van der Waals surface area contributed by atoms with Crippen molar-refractivity contribution < 1.29 is 13.9 Å². The Morgan fingerprint density at radius 3 is 2.68 bits per heavy atom. The maximum absolute atomic E-state index is 11.9. The predicted octanol–water partition coefficient (Wildman–Crippen LogP) is 6.04. The summed E-state index contributed by atoms with van der Waals surface area (Å²) in [4.78, 5) is 16.7. The summed E-state index contributed by atoms with van der Waals surface area (Å²) in [5, 5.41) is 6.04. The van der Waals surface area contributed by atoms with Crippen LogP contribution in [0.3, 0.4) is 0 Å². The summed E-state index contributed by atoms with van der Waals surface area (Å²) < 4.78 is 13.3. The summed E-state index contributed by atoms with van der Waals surface area (Å²) in [6, 6.07) is 21.0. The fourth-order valence-electron chi connectivity index (χ4n) is 3.89. The molecule has 34 heavy (non-hydrogen) atoms. The minimum Gasteiger partial charge on any atom is -0.472 e. The van der Waals surface area contributed by atoms with Crippen molar-refractivity contribution in [3.8, 4) is 22.6 Å². The molecule has 3 aromatic carbocycles. The summed E-state index contributed by atoms with van der Waals surface area (Å²) >= 11 is 0. The van der Waals surface area contributed by atoms with Gasteiger partial charge in [0.2, 0.25) is 5.95 Å². The summed E-state index contributed by atoms with van der Waals surface area (Å²) in [5.41, 5.74) is 6.55. The average molecular weight is 453 g/mol. The quantitative estimate of drug-likeness (QED) is 0.328. The number of carbonyl (C=O) groups is 1. The van der Waals surface area contributed by atoms with Crippen molar-refractivity contribution in [3.05, 3.63) is 90.4 Å². The van der Waals surface area contributed by atoms with Gasteiger partial charge in [0.15, 0.2) is 0 Å². The largest absolute Gasteiger partial charge is 0.472 e. The second-order valence-electron chi connectivity index (χ2n) is 8.02. The Morgan fingerprint density at radius 1 is 1.03 bits per heavy atom. The van der Waals surface area contributed by atoms with E-state index in [2.05, 4.69) is 29.7 Å². The van der Waals surface area contributed by atoms with Gasteiger partial charge in [-0.1, -0.05) is 12.1 Å². The van der Waals surface area contributed by atoms with Crippen LogP contribution in [0.5, 0.6) is 11.5 Å². The smallest absolute Gasteiger partial charge is 0.251 e. The van der Waals surface area contributed by atoms with Crippen LogP contribution in [0.15, 0.2) is 83.7 Å². The number of nitrogens with zero attached hydrogens (tertiary/aromatic N) is 2. The van der Waals surface area contributed by atoms with Crippen LogP contribution < -0.4 is 15.4 Å². The molecule has 0 atom stereocenters. The molecule has 170 valence electrons. The molecule has 1 amide bonds. The monoisotopic (exact) mass is 452 g/mol. The highest BCUT2D eigenvalue weighted by atomic mass is 16.5. The number of imidazole rings is 1. The fraction of sp³-hybridized carbons (Fsp3) is 0.111. The molecule has 2 aromatic heterocycles. The van der Waals surface area contributed by atoms with E-state index in [1.54, 1.807) is 37.8 Å². The van der Waals surface area contributed by atoms with Crippen LogP contribution in [-0.2, 0) is 7.05 Å². The maximum atomic E-state index is 11.9. The van der Waals surface area contributed by atoms with E-state index in [0.717, 1.165) is 33.8 Å². The van der Waals surface area contributed by atoms with E-state index in [1.165, 1.54) is 5.56 Å². The average Bonchev–Trinajstić information content (AvgIpc) is 3.48. The number of hydrogen-bond acceptors (Lipinski definition) is 5. The summed E-state index contributed by atoms with van der Waals surface area (Å²) in [5.74, 6) is 1.79. The van der Waals surface area contributed by atoms with Gasteiger partial charge in [-0.3, -0.25) is 4.79 Å².